The van der Waals surface area contributed by atoms with Crippen LogP contribution < -0.4 is 5.14 Å². The van der Waals surface area contributed by atoms with Crippen molar-refractivity contribution in [1.82, 2.24) is 9.78 Å². The van der Waals surface area contributed by atoms with Gasteiger partial charge < -0.3 is 0 Å². The first kappa shape index (κ1) is 18.1. The van der Waals surface area contributed by atoms with Crippen molar-refractivity contribution >= 4 is 10.0 Å². The van der Waals surface area contributed by atoms with Gasteiger partial charge in [-0.1, -0.05) is 30.3 Å². The summed E-state index contributed by atoms with van der Waals surface area (Å²) in [5.41, 5.74) is 3.88. The van der Waals surface area contributed by atoms with Crippen LogP contribution in [0.1, 0.15) is 0 Å². The van der Waals surface area contributed by atoms with E-state index in [9.17, 15) is 12.8 Å². The Kier molecular flexibility index (Phi) is 4.54. The summed E-state index contributed by atoms with van der Waals surface area (Å²) in [6.07, 6.45) is 0. The van der Waals surface area contributed by atoms with E-state index >= 15 is 0 Å². The van der Waals surface area contributed by atoms with Crippen molar-refractivity contribution in [3.05, 3.63) is 90.7 Å². The molecule has 0 radical (unpaired) electrons. The highest BCUT2D eigenvalue weighted by Gasteiger charge is 2.14. The van der Waals surface area contributed by atoms with Gasteiger partial charge in [-0.05, 0) is 54.6 Å². The molecule has 0 aliphatic heterocycles. The first-order valence-electron chi connectivity index (χ1n) is 8.46. The topological polar surface area (TPSA) is 78.0 Å². The molecule has 7 heteroatoms. The fraction of sp³-hybridized carbons (Fsp3) is 0. The minimum absolute atomic E-state index is 0.0232. The molecule has 0 bridgehead atoms. The predicted octanol–water partition coefficient (Wildman–Crippen LogP) is 3.99. The van der Waals surface area contributed by atoms with Gasteiger partial charge in [-0.3, -0.25) is 0 Å². The second-order valence-electron chi connectivity index (χ2n) is 6.24. The number of nitrogens with zero attached hydrogens (tertiary/aromatic N) is 2. The summed E-state index contributed by atoms with van der Waals surface area (Å²) in [6.45, 7) is 0. The van der Waals surface area contributed by atoms with Gasteiger partial charge in [-0.25, -0.2) is 22.6 Å². The summed E-state index contributed by atoms with van der Waals surface area (Å²) in [6, 6.07) is 23.8. The zero-order chi connectivity index (χ0) is 19.7. The van der Waals surface area contributed by atoms with E-state index in [0.717, 1.165) is 22.5 Å². The molecule has 0 aliphatic carbocycles. The fourth-order valence-corrected chi connectivity index (χ4v) is 3.45. The minimum Gasteiger partial charge on any atom is -0.232 e. The van der Waals surface area contributed by atoms with Crippen molar-refractivity contribution in [1.29, 1.82) is 0 Å². The summed E-state index contributed by atoms with van der Waals surface area (Å²) < 4.78 is 38.1. The maximum absolute atomic E-state index is 13.4. The monoisotopic (exact) mass is 393 g/mol. The lowest BCUT2D eigenvalue weighted by molar-refractivity contribution is 0.597. The lowest BCUT2D eigenvalue weighted by Crippen LogP contribution is -2.12. The van der Waals surface area contributed by atoms with Crippen LogP contribution in [0.5, 0.6) is 0 Å². The summed E-state index contributed by atoms with van der Waals surface area (Å²) in [4.78, 5) is 0.0232. The fourth-order valence-electron chi connectivity index (χ4n) is 2.93. The molecule has 3 aromatic carbocycles. The number of hydrogen-bond donors (Lipinski definition) is 1. The molecule has 0 spiro atoms. The number of halogens is 1. The van der Waals surface area contributed by atoms with Crippen LogP contribution in [0.2, 0.25) is 0 Å². The minimum atomic E-state index is -3.78. The Bertz CT molecular complexity index is 1220. The first-order chi connectivity index (χ1) is 13.4. The molecule has 0 amide bonds. The predicted molar refractivity (Wildman–Crippen MR) is 106 cm³/mol. The van der Waals surface area contributed by atoms with Crippen LogP contribution in [0.4, 0.5) is 4.39 Å². The van der Waals surface area contributed by atoms with E-state index in [-0.39, 0.29) is 10.7 Å². The van der Waals surface area contributed by atoms with Gasteiger partial charge in [0, 0.05) is 11.1 Å². The van der Waals surface area contributed by atoms with Gasteiger partial charge in [0.15, 0.2) is 0 Å². The van der Waals surface area contributed by atoms with Gasteiger partial charge in [0.25, 0.3) is 0 Å². The lowest BCUT2D eigenvalue weighted by Gasteiger charge is -2.08. The molecule has 4 aromatic rings. The van der Waals surface area contributed by atoms with E-state index in [1.165, 1.54) is 24.3 Å². The molecular formula is C21H16FN3O2S. The normalized spacial score (nSPS) is 11.5. The molecular weight excluding hydrogens is 377 g/mol. The largest absolute Gasteiger partial charge is 0.238 e. The van der Waals surface area contributed by atoms with Gasteiger partial charge in [0.2, 0.25) is 10.0 Å². The van der Waals surface area contributed by atoms with Crippen molar-refractivity contribution < 1.29 is 12.8 Å². The van der Waals surface area contributed by atoms with E-state index in [0.29, 0.717) is 5.69 Å². The number of benzene rings is 3. The van der Waals surface area contributed by atoms with Crippen LogP contribution in [0, 0.1) is 5.82 Å². The Labute approximate surface area is 161 Å². The summed E-state index contributed by atoms with van der Waals surface area (Å²) in [5, 5.41) is 9.86. The number of primary sulfonamides is 1. The molecule has 0 fully saturated rings. The van der Waals surface area contributed by atoms with Crippen LogP contribution in [-0.4, -0.2) is 18.2 Å². The average molecular weight is 393 g/mol. The van der Waals surface area contributed by atoms with Crippen LogP contribution in [0.3, 0.4) is 0 Å². The maximum atomic E-state index is 13.4. The zero-order valence-corrected chi connectivity index (χ0v) is 15.5. The highest BCUT2D eigenvalue weighted by atomic mass is 32.2. The third kappa shape index (κ3) is 3.58. The second kappa shape index (κ2) is 7.03. The van der Waals surface area contributed by atoms with E-state index in [2.05, 4.69) is 5.10 Å². The Morgan fingerprint density at radius 2 is 1.46 bits per heavy atom. The third-order valence-electron chi connectivity index (χ3n) is 4.33. The molecule has 1 aromatic heterocycles. The molecule has 0 saturated carbocycles. The van der Waals surface area contributed by atoms with Gasteiger partial charge in [-0.15, -0.1) is 0 Å². The zero-order valence-electron chi connectivity index (χ0n) is 14.7. The maximum Gasteiger partial charge on any atom is 0.238 e. The van der Waals surface area contributed by atoms with E-state index in [1.54, 1.807) is 28.9 Å². The molecule has 0 saturated heterocycles. The van der Waals surface area contributed by atoms with Gasteiger partial charge in [-0.2, -0.15) is 5.10 Å². The molecule has 28 heavy (non-hydrogen) atoms. The van der Waals surface area contributed by atoms with Crippen molar-refractivity contribution in [3.8, 4) is 28.2 Å². The highest BCUT2D eigenvalue weighted by molar-refractivity contribution is 7.89. The van der Waals surface area contributed by atoms with Crippen molar-refractivity contribution in [2.75, 3.05) is 0 Å². The third-order valence-corrected chi connectivity index (χ3v) is 5.26. The molecule has 0 aliphatic rings. The van der Waals surface area contributed by atoms with Crippen molar-refractivity contribution in [3.63, 3.8) is 0 Å². The Morgan fingerprint density at radius 1 is 0.821 bits per heavy atom. The molecule has 1 heterocycles. The average Bonchev–Trinajstić information content (AvgIpc) is 3.14. The summed E-state index contributed by atoms with van der Waals surface area (Å²) in [5.74, 6) is -0.324. The van der Waals surface area contributed by atoms with Gasteiger partial charge in [0.1, 0.15) is 5.82 Å². The summed E-state index contributed by atoms with van der Waals surface area (Å²) >= 11 is 0. The van der Waals surface area contributed by atoms with E-state index in [4.69, 9.17) is 5.14 Å². The Hall–Kier alpha value is -3.29. The van der Waals surface area contributed by atoms with Gasteiger partial charge in [0.05, 0.1) is 22.0 Å². The van der Waals surface area contributed by atoms with Crippen LogP contribution in [0.25, 0.3) is 28.2 Å². The van der Waals surface area contributed by atoms with Crippen molar-refractivity contribution in [2.24, 2.45) is 5.14 Å². The number of rotatable bonds is 4. The Balaban J connectivity index is 1.87. The quantitative estimate of drug-likeness (QED) is 0.569. The molecule has 4 rings (SSSR count). The Morgan fingerprint density at radius 3 is 2.07 bits per heavy atom. The van der Waals surface area contributed by atoms with Gasteiger partial charge >= 0.3 is 0 Å². The van der Waals surface area contributed by atoms with Crippen molar-refractivity contribution in [2.45, 2.75) is 4.90 Å². The van der Waals surface area contributed by atoms with E-state index in [1.807, 2.05) is 36.4 Å². The van der Waals surface area contributed by atoms with Crippen LogP contribution >= 0.6 is 0 Å². The highest BCUT2D eigenvalue weighted by Crippen LogP contribution is 2.29. The molecule has 0 atom stereocenters. The molecule has 140 valence electrons. The van der Waals surface area contributed by atoms with E-state index < -0.39 is 10.0 Å². The standard InChI is InChI=1S/C21H16FN3O2S/c22-17-8-6-16(7-9-17)21-14-20(15-4-2-1-3-5-15)24-25(21)18-10-12-19(13-11-18)28(23,26)27/h1-14H,(H2,23,26,27). The SMILES string of the molecule is NS(=O)(=O)c1ccc(-n2nc(-c3ccccc3)cc2-c2ccc(F)cc2)cc1. The summed E-state index contributed by atoms with van der Waals surface area (Å²) in [7, 11) is -3.78. The number of sulfonamides is 1. The first-order valence-corrected chi connectivity index (χ1v) is 10.0. The lowest BCUT2D eigenvalue weighted by atomic mass is 10.1. The number of hydrogen-bond acceptors (Lipinski definition) is 3. The number of nitrogens with two attached hydrogens (primary N) is 1. The second-order valence-corrected chi connectivity index (χ2v) is 7.80. The molecule has 2 N–H and O–H groups in total. The number of aromatic nitrogens is 2. The molecule has 5 nitrogen and oxygen atoms in total. The molecule has 0 unspecified atom stereocenters. The van der Waals surface area contributed by atoms with Crippen LogP contribution in [0.15, 0.2) is 89.8 Å². The smallest absolute Gasteiger partial charge is 0.232 e. The van der Waals surface area contributed by atoms with Crippen LogP contribution in [-0.2, 0) is 10.0 Å².